The molecular weight excluding hydrogens is 541 g/mol. The Morgan fingerprint density at radius 3 is 2.82 bits per heavy atom. The largest absolute Gasteiger partial charge is 0.458 e. The molecule has 0 amide bonds. The number of anilines is 2. The number of hydrogen-bond donors (Lipinski definition) is 4. The molecule has 0 spiro atoms. The maximum atomic E-state index is 13.7. The minimum absolute atomic E-state index is 0.00317. The van der Waals surface area contributed by atoms with Crippen LogP contribution in [0.25, 0.3) is 11.2 Å². The van der Waals surface area contributed by atoms with Crippen molar-refractivity contribution in [1.82, 2.24) is 34.6 Å². The van der Waals surface area contributed by atoms with Gasteiger partial charge in [-0.15, -0.1) is 0 Å². The Balaban J connectivity index is 1.12. The number of nitrogens with one attached hydrogen (secondary N) is 3. The third kappa shape index (κ3) is 6.25. The molecule has 2 unspecified atom stereocenters. The van der Waals surface area contributed by atoms with E-state index in [4.69, 9.17) is 26.4 Å². The lowest BCUT2D eigenvalue weighted by molar-refractivity contribution is 0.224. The average molecular weight is 570 g/mol. The molecule has 6 rings (SSSR count). The van der Waals surface area contributed by atoms with Gasteiger partial charge in [0.1, 0.15) is 5.75 Å². The minimum atomic E-state index is -3.69. The van der Waals surface area contributed by atoms with Gasteiger partial charge < -0.3 is 25.1 Å². The zero-order valence-electron chi connectivity index (χ0n) is 21.0. The second kappa shape index (κ2) is 11.0. The van der Waals surface area contributed by atoms with Gasteiger partial charge in [0.05, 0.1) is 25.3 Å². The molecule has 0 radical (unpaired) electrons. The van der Waals surface area contributed by atoms with Crippen LogP contribution in [0, 0.1) is 5.92 Å². The van der Waals surface area contributed by atoms with Crippen LogP contribution < -0.4 is 20.7 Å². The summed E-state index contributed by atoms with van der Waals surface area (Å²) in [5.74, 6) is 1.28. The van der Waals surface area contributed by atoms with Crippen molar-refractivity contribution in [2.75, 3.05) is 24.2 Å². The summed E-state index contributed by atoms with van der Waals surface area (Å²) in [5, 5.41) is 6.92. The number of hydrogen-bond acceptors (Lipinski definition) is 9. The SMILES string of the molecule is Nc1nc(NC2CC2)c2ncn([C@H]3C=CC(COP(=O)(NCCc4cnc[nH]4)Oc4ccc(Cl)cc4)C3)c2n1. The first-order valence-electron chi connectivity index (χ1n) is 12.8. The average Bonchev–Trinajstić information content (AvgIpc) is 3.28. The third-order valence-corrected chi connectivity index (χ3v) is 8.42. The molecule has 39 heavy (non-hydrogen) atoms. The van der Waals surface area contributed by atoms with Crippen LogP contribution in [0.1, 0.15) is 31.0 Å². The molecule has 2 aliphatic carbocycles. The summed E-state index contributed by atoms with van der Waals surface area (Å²) in [4.78, 5) is 20.4. The van der Waals surface area contributed by atoms with Crippen molar-refractivity contribution in [2.24, 2.45) is 5.92 Å². The summed E-state index contributed by atoms with van der Waals surface area (Å²) in [6, 6.07) is 7.08. The van der Waals surface area contributed by atoms with Crippen molar-refractivity contribution in [3.05, 3.63) is 66.0 Å². The predicted octanol–water partition coefficient (Wildman–Crippen LogP) is 4.51. The number of aromatic amines is 1. The monoisotopic (exact) mass is 569 g/mol. The highest BCUT2D eigenvalue weighted by molar-refractivity contribution is 7.52. The Hall–Kier alpha value is -3.44. The molecule has 204 valence electrons. The van der Waals surface area contributed by atoms with Crippen LogP contribution in [0.15, 0.2) is 55.3 Å². The lowest BCUT2D eigenvalue weighted by Gasteiger charge is -2.22. The van der Waals surface area contributed by atoms with E-state index in [9.17, 15) is 4.57 Å². The predicted molar refractivity (Wildman–Crippen MR) is 149 cm³/mol. The summed E-state index contributed by atoms with van der Waals surface area (Å²) in [5.41, 5.74) is 8.30. The molecule has 14 heteroatoms. The number of nitrogens with two attached hydrogens (primary N) is 1. The minimum Gasteiger partial charge on any atom is -0.413 e. The van der Waals surface area contributed by atoms with E-state index in [2.05, 4.69) is 47.5 Å². The van der Waals surface area contributed by atoms with Gasteiger partial charge in [0, 0.05) is 41.8 Å². The van der Waals surface area contributed by atoms with E-state index in [0.29, 0.717) is 46.8 Å². The first-order valence-corrected chi connectivity index (χ1v) is 14.7. The zero-order chi connectivity index (χ0) is 26.8. The first kappa shape index (κ1) is 25.8. The van der Waals surface area contributed by atoms with Gasteiger partial charge >= 0.3 is 7.75 Å². The number of imidazole rings is 2. The van der Waals surface area contributed by atoms with Gasteiger partial charge in [-0.2, -0.15) is 9.97 Å². The van der Waals surface area contributed by atoms with Crippen LogP contribution in [0.4, 0.5) is 11.8 Å². The third-order valence-electron chi connectivity index (χ3n) is 6.62. The lowest BCUT2D eigenvalue weighted by Crippen LogP contribution is -2.21. The van der Waals surface area contributed by atoms with E-state index in [-0.39, 0.29) is 24.5 Å². The second-order valence-electron chi connectivity index (χ2n) is 9.69. The summed E-state index contributed by atoms with van der Waals surface area (Å²) >= 11 is 5.99. The molecule has 0 bridgehead atoms. The highest BCUT2D eigenvalue weighted by Crippen LogP contribution is 2.46. The first-order chi connectivity index (χ1) is 18.9. The molecule has 0 saturated heterocycles. The van der Waals surface area contributed by atoms with Crippen molar-refractivity contribution >= 4 is 42.3 Å². The van der Waals surface area contributed by atoms with Crippen LogP contribution >= 0.6 is 19.3 Å². The van der Waals surface area contributed by atoms with Crippen LogP contribution in [-0.2, 0) is 15.5 Å². The van der Waals surface area contributed by atoms with Gasteiger partial charge in [-0.25, -0.2) is 19.6 Å². The number of benzene rings is 1. The Morgan fingerprint density at radius 1 is 1.21 bits per heavy atom. The standard InChI is InChI=1S/C25H29ClN9O3P/c26-17-2-7-21(8-3-17)38-39(36,31-10-9-19-12-28-14-29-19)37-13-16-1-6-20(11-16)35-15-30-22-23(32-18-4-5-18)33-25(27)34-24(22)35/h1-3,6-8,12,14-16,18,20H,4-5,9-11,13H2,(H,28,29)(H,31,36)(H3,27,32,33,34)/t16?,20-,39?/m0/s1. The van der Waals surface area contributed by atoms with Crippen molar-refractivity contribution in [1.29, 1.82) is 0 Å². The highest BCUT2D eigenvalue weighted by Gasteiger charge is 2.31. The summed E-state index contributed by atoms with van der Waals surface area (Å²) in [6.07, 6.45) is 12.8. The van der Waals surface area contributed by atoms with Gasteiger partial charge in [0.15, 0.2) is 17.0 Å². The molecule has 0 aliphatic heterocycles. The molecule has 5 N–H and O–H groups in total. The fourth-order valence-corrected chi connectivity index (χ4v) is 5.97. The molecule has 2 aliphatic rings. The van der Waals surface area contributed by atoms with Gasteiger partial charge in [0.25, 0.3) is 0 Å². The smallest absolute Gasteiger partial charge is 0.413 e. The normalized spacial score (nSPS) is 20.3. The number of aromatic nitrogens is 6. The van der Waals surface area contributed by atoms with Gasteiger partial charge in [-0.1, -0.05) is 23.8 Å². The Kier molecular flexibility index (Phi) is 7.26. The summed E-state index contributed by atoms with van der Waals surface area (Å²) in [7, 11) is -3.69. The van der Waals surface area contributed by atoms with Gasteiger partial charge in [0.2, 0.25) is 5.95 Å². The van der Waals surface area contributed by atoms with E-state index in [1.54, 1.807) is 43.1 Å². The van der Waals surface area contributed by atoms with E-state index >= 15 is 0 Å². The molecule has 1 saturated carbocycles. The van der Waals surface area contributed by atoms with Crippen molar-refractivity contribution in [3.63, 3.8) is 0 Å². The number of H-pyrrole nitrogens is 1. The molecule has 1 fully saturated rings. The fraction of sp³-hybridized carbons (Fsp3) is 0.360. The summed E-state index contributed by atoms with van der Waals surface area (Å²) < 4.78 is 27.5. The zero-order valence-corrected chi connectivity index (χ0v) is 22.7. The number of rotatable bonds is 12. The van der Waals surface area contributed by atoms with Crippen LogP contribution in [0.2, 0.25) is 5.02 Å². The molecular formula is C25H29ClN9O3P. The Bertz CT molecular complexity index is 1510. The topological polar surface area (TPSA) is 158 Å². The fourth-order valence-electron chi connectivity index (χ4n) is 4.46. The molecule has 1 aromatic carbocycles. The van der Waals surface area contributed by atoms with Crippen LogP contribution in [-0.4, -0.2) is 48.7 Å². The van der Waals surface area contributed by atoms with Gasteiger partial charge in [-0.05, 0) is 43.5 Å². The van der Waals surface area contributed by atoms with Crippen LogP contribution in [0.5, 0.6) is 5.75 Å². The molecule has 4 aromatic rings. The maximum absolute atomic E-state index is 13.7. The van der Waals surface area contributed by atoms with E-state index in [1.165, 1.54) is 0 Å². The highest BCUT2D eigenvalue weighted by atomic mass is 35.5. The summed E-state index contributed by atoms with van der Waals surface area (Å²) in [6.45, 7) is 0.572. The van der Waals surface area contributed by atoms with E-state index in [0.717, 1.165) is 25.0 Å². The molecule has 3 atom stereocenters. The molecule has 3 heterocycles. The van der Waals surface area contributed by atoms with Gasteiger partial charge in [-0.3, -0.25) is 4.52 Å². The number of nitrogens with zero attached hydrogens (tertiary/aromatic N) is 5. The molecule has 12 nitrogen and oxygen atoms in total. The Labute approximate surface area is 230 Å². The van der Waals surface area contributed by atoms with Crippen molar-refractivity contribution < 1.29 is 13.6 Å². The second-order valence-corrected chi connectivity index (χ2v) is 11.9. The Morgan fingerprint density at radius 2 is 2.05 bits per heavy atom. The lowest BCUT2D eigenvalue weighted by atomic mass is 10.1. The quantitative estimate of drug-likeness (QED) is 0.141. The van der Waals surface area contributed by atoms with Crippen LogP contribution in [0.3, 0.4) is 0 Å². The van der Waals surface area contributed by atoms with Crippen molar-refractivity contribution in [3.8, 4) is 5.75 Å². The maximum Gasteiger partial charge on any atom is 0.458 e. The number of allylic oxidation sites excluding steroid dienone is 1. The molecule has 3 aromatic heterocycles. The number of halogens is 1. The van der Waals surface area contributed by atoms with Crippen molar-refractivity contribution in [2.45, 2.75) is 37.8 Å². The number of fused-ring (bicyclic) bond motifs is 1. The number of nitrogen functional groups attached to an aromatic ring is 1. The van der Waals surface area contributed by atoms with E-state index < -0.39 is 7.75 Å². The van der Waals surface area contributed by atoms with E-state index in [1.807, 2.05) is 4.57 Å².